The van der Waals surface area contributed by atoms with Gasteiger partial charge in [-0.2, -0.15) is 0 Å². The molecule has 0 bridgehead atoms. The molecule has 0 fully saturated rings. The van der Waals surface area contributed by atoms with Crippen molar-refractivity contribution in [3.8, 4) is 11.3 Å². The van der Waals surface area contributed by atoms with Gasteiger partial charge in [0.25, 0.3) is 0 Å². The number of hydrogen-bond acceptors (Lipinski definition) is 3. The third-order valence-corrected chi connectivity index (χ3v) is 2.75. The van der Waals surface area contributed by atoms with Crippen LogP contribution in [0.15, 0.2) is 34.7 Å². The number of furan rings is 1. The lowest BCUT2D eigenvalue weighted by Crippen LogP contribution is -2.01. The summed E-state index contributed by atoms with van der Waals surface area (Å²) in [5.41, 5.74) is 1.69. The van der Waals surface area contributed by atoms with Crippen molar-refractivity contribution in [3.63, 3.8) is 0 Å². The zero-order chi connectivity index (χ0) is 13.1. The fourth-order valence-corrected chi connectivity index (χ4v) is 1.81. The Labute approximate surface area is 104 Å². The minimum absolute atomic E-state index is 0.224. The average molecular weight is 244 g/mol. The maximum Gasteiger partial charge on any atom is 0.335 e. The monoisotopic (exact) mass is 244 g/mol. The lowest BCUT2D eigenvalue weighted by Gasteiger charge is -2.05. The zero-order valence-corrected chi connectivity index (χ0v) is 9.84. The first kappa shape index (κ1) is 12.1. The van der Waals surface area contributed by atoms with Crippen LogP contribution >= 0.6 is 0 Å². The van der Waals surface area contributed by atoms with E-state index in [9.17, 15) is 9.59 Å². The number of aryl methyl sites for hydroxylation is 1. The molecule has 18 heavy (non-hydrogen) atoms. The van der Waals surface area contributed by atoms with Gasteiger partial charge in [0.1, 0.15) is 5.76 Å². The summed E-state index contributed by atoms with van der Waals surface area (Å²) in [7, 11) is 0. The van der Waals surface area contributed by atoms with E-state index in [1.54, 1.807) is 30.3 Å². The Morgan fingerprint density at radius 3 is 2.67 bits per heavy atom. The van der Waals surface area contributed by atoms with Crippen LogP contribution in [-0.2, 0) is 6.42 Å². The zero-order valence-electron chi connectivity index (χ0n) is 9.84. The maximum absolute atomic E-state index is 11.1. The molecule has 1 heterocycles. The Kier molecular flexibility index (Phi) is 3.28. The topological polar surface area (TPSA) is 67.5 Å². The first-order valence-corrected chi connectivity index (χ1v) is 5.57. The molecule has 92 valence electrons. The van der Waals surface area contributed by atoms with E-state index in [1.807, 2.05) is 6.92 Å². The summed E-state index contributed by atoms with van der Waals surface area (Å²) in [5, 5.41) is 9.13. The molecule has 0 amide bonds. The van der Waals surface area contributed by atoms with Gasteiger partial charge in [-0.3, -0.25) is 4.79 Å². The molecule has 1 aromatic carbocycles. The first-order valence-electron chi connectivity index (χ1n) is 5.57. The second-order valence-corrected chi connectivity index (χ2v) is 3.85. The second-order valence-electron chi connectivity index (χ2n) is 3.85. The predicted octanol–water partition coefficient (Wildman–Crippen LogP) is 3.02. The smallest absolute Gasteiger partial charge is 0.335 e. The molecular weight excluding hydrogens is 232 g/mol. The Morgan fingerprint density at radius 1 is 1.33 bits per heavy atom. The highest BCUT2D eigenvalue weighted by Gasteiger charge is 2.12. The van der Waals surface area contributed by atoms with Gasteiger partial charge in [-0.1, -0.05) is 19.1 Å². The Balaban J connectivity index is 2.49. The van der Waals surface area contributed by atoms with Gasteiger partial charge in [-0.05, 0) is 30.2 Å². The van der Waals surface area contributed by atoms with Crippen molar-refractivity contribution in [2.45, 2.75) is 13.3 Å². The number of rotatable bonds is 4. The van der Waals surface area contributed by atoms with Gasteiger partial charge in [0.05, 0.1) is 5.56 Å². The van der Waals surface area contributed by atoms with Gasteiger partial charge in [0.15, 0.2) is 12.0 Å². The molecule has 4 heteroatoms. The standard InChI is InChI=1S/C14H12O4/c1-2-9-3-4-10(7-12(9)14(16)17)13-6-5-11(8-15)18-13/h3-8H,2H2,1H3,(H,16,17). The highest BCUT2D eigenvalue weighted by molar-refractivity contribution is 5.91. The molecule has 0 saturated carbocycles. The lowest BCUT2D eigenvalue weighted by molar-refractivity contribution is 0.0695. The number of aromatic carboxylic acids is 1. The number of carboxylic acid groups (broad SMARTS) is 1. The van der Waals surface area contributed by atoms with Crippen molar-refractivity contribution in [2.24, 2.45) is 0 Å². The summed E-state index contributed by atoms with van der Waals surface area (Å²) in [5.74, 6) is -0.250. The van der Waals surface area contributed by atoms with Gasteiger partial charge in [-0.25, -0.2) is 4.79 Å². The summed E-state index contributed by atoms with van der Waals surface area (Å²) < 4.78 is 5.27. The van der Waals surface area contributed by atoms with Gasteiger partial charge in [0, 0.05) is 5.56 Å². The van der Waals surface area contributed by atoms with Gasteiger partial charge >= 0.3 is 5.97 Å². The fourth-order valence-electron chi connectivity index (χ4n) is 1.81. The van der Waals surface area contributed by atoms with Crippen LogP contribution in [-0.4, -0.2) is 17.4 Å². The summed E-state index contributed by atoms with van der Waals surface area (Å²) in [4.78, 5) is 21.7. The van der Waals surface area contributed by atoms with E-state index in [4.69, 9.17) is 9.52 Å². The Hall–Kier alpha value is -2.36. The molecule has 0 spiro atoms. The van der Waals surface area contributed by atoms with Crippen molar-refractivity contribution in [3.05, 3.63) is 47.2 Å². The van der Waals surface area contributed by atoms with Crippen molar-refractivity contribution >= 4 is 12.3 Å². The molecule has 0 radical (unpaired) electrons. The van der Waals surface area contributed by atoms with Crippen molar-refractivity contribution < 1.29 is 19.1 Å². The summed E-state index contributed by atoms with van der Waals surface area (Å²) in [6.45, 7) is 1.90. The van der Waals surface area contributed by atoms with E-state index >= 15 is 0 Å². The van der Waals surface area contributed by atoms with Crippen LogP contribution in [0.1, 0.15) is 33.4 Å². The van der Waals surface area contributed by atoms with Crippen molar-refractivity contribution in [1.82, 2.24) is 0 Å². The molecule has 2 aromatic rings. The summed E-state index contributed by atoms with van der Waals surface area (Å²) in [6, 6.07) is 8.32. The van der Waals surface area contributed by atoms with E-state index in [0.29, 0.717) is 24.0 Å². The third kappa shape index (κ3) is 2.18. The highest BCUT2D eigenvalue weighted by atomic mass is 16.4. The van der Waals surface area contributed by atoms with E-state index in [-0.39, 0.29) is 11.3 Å². The molecule has 1 N–H and O–H groups in total. The number of aldehydes is 1. The van der Waals surface area contributed by atoms with Crippen LogP contribution in [0.4, 0.5) is 0 Å². The second kappa shape index (κ2) is 4.87. The maximum atomic E-state index is 11.1. The molecule has 0 aliphatic carbocycles. The largest absolute Gasteiger partial charge is 0.478 e. The summed E-state index contributed by atoms with van der Waals surface area (Å²) >= 11 is 0. The normalized spacial score (nSPS) is 10.3. The minimum Gasteiger partial charge on any atom is -0.478 e. The molecular formula is C14H12O4. The molecule has 1 aromatic heterocycles. The first-order chi connectivity index (χ1) is 8.65. The van der Waals surface area contributed by atoms with Crippen LogP contribution in [0, 0.1) is 0 Å². The van der Waals surface area contributed by atoms with Crippen LogP contribution in [0.3, 0.4) is 0 Å². The average Bonchev–Trinajstić information content (AvgIpc) is 2.86. The molecule has 0 unspecified atom stereocenters. The predicted molar refractivity (Wildman–Crippen MR) is 65.9 cm³/mol. The van der Waals surface area contributed by atoms with Crippen molar-refractivity contribution in [1.29, 1.82) is 0 Å². The molecule has 0 saturated heterocycles. The van der Waals surface area contributed by atoms with Crippen LogP contribution < -0.4 is 0 Å². The van der Waals surface area contributed by atoms with E-state index in [2.05, 4.69) is 0 Å². The van der Waals surface area contributed by atoms with Gasteiger partial charge < -0.3 is 9.52 Å². The summed E-state index contributed by atoms with van der Waals surface area (Å²) in [6.07, 6.45) is 1.27. The quantitative estimate of drug-likeness (QED) is 0.839. The van der Waals surface area contributed by atoms with Crippen molar-refractivity contribution in [2.75, 3.05) is 0 Å². The van der Waals surface area contributed by atoms with E-state index < -0.39 is 5.97 Å². The fraction of sp³-hybridized carbons (Fsp3) is 0.143. The van der Waals surface area contributed by atoms with E-state index in [1.165, 1.54) is 0 Å². The molecule has 4 nitrogen and oxygen atoms in total. The number of carbonyl (C=O) groups excluding carboxylic acids is 1. The number of carbonyl (C=O) groups is 2. The Morgan fingerprint density at radius 2 is 2.11 bits per heavy atom. The van der Waals surface area contributed by atoms with Gasteiger partial charge in [-0.15, -0.1) is 0 Å². The molecule has 0 aliphatic heterocycles. The lowest BCUT2D eigenvalue weighted by atomic mass is 10.0. The molecule has 2 rings (SSSR count). The number of carboxylic acids is 1. The minimum atomic E-state index is -0.962. The van der Waals surface area contributed by atoms with Crippen LogP contribution in [0.25, 0.3) is 11.3 Å². The highest BCUT2D eigenvalue weighted by Crippen LogP contribution is 2.24. The number of hydrogen-bond donors (Lipinski definition) is 1. The van der Waals surface area contributed by atoms with Gasteiger partial charge in [0.2, 0.25) is 0 Å². The third-order valence-electron chi connectivity index (χ3n) is 2.75. The molecule has 0 atom stereocenters. The Bertz CT molecular complexity index is 596. The number of benzene rings is 1. The van der Waals surface area contributed by atoms with Crippen LogP contribution in [0.5, 0.6) is 0 Å². The SMILES string of the molecule is CCc1ccc(-c2ccc(C=O)o2)cc1C(=O)O. The van der Waals surface area contributed by atoms with E-state index in [0.717, 1.165) is 5.56 Å². The molecule has 0 aliphatic rings. The van der Waals surface area contributed by atoms with Crippen LogP contribution in [0.2, 0.25) is 0 Å².